The Balaban J connectivity index is 0.883. The molecule has 2 unspecified atom stereocenters. The van der Waals surface area contributed by atoms with Gasteiger partial charge in [0.05, 0.1) is 29.8 Å². The Hall–Kier alpha value is -5.40. The van der Waals surface area contributed by atoms with Crippen molar-refractivity contribution in [3.63, 3.8) is 0 Å². The topological polar surface area (TPSA) is 162 Å². The quantitative estimate of drug-likeness (QED) is 0.0541. The number of alkyl carbamates (subject to hydrolysis) is 1. The maximum atomic E-state index is 13.2. The molecule has 0 aliphatic carbocycles. The number of nitrogens with zero attached hydrogens (tertiary/aromatic N) is 1. The summed E-state index contributed by atoms with van der Waals surface area (Å²) in [7, 11) is 0. The molecule has 2 bridgehead atoms. The van der Waals surface area contributed by atoms with Crippen LogP contribution in [0.15, 0.2) is 102 Å². The van der Waals surface area contributed by atoms with Gasteiger partial charge in [-0.1, -0.05) is 60.1 Å². The Labute approximate surface area is 335 Å². The number of ether oxygens (including phenoxy) is 3. The summed E-state index contributed by atoms with van der Waals surface area (Å²) in [6, 6.07) is 27.8. The highest BCUT2D eigenvalue weighted by atomic mass is 35.5. The Morgan fingerprint density at radius 3 is 2.53 bits per heavy atom. The molecule has 3 atom stereocenters. The van der Waals surface area contributed by atoms with Gasteiger partial charge in [-0.2, -0.15) is 0 Å². The van der Waals surface area contributed by atoms with Crippen molar-refractivity contribution in [2.75, 3.05) is 39.3 Å². The minimum absolute atomic E-state index is 0.0630. The largest absolute Gasteiger partial charge is 0.506 e. The van der Waals surface area contributed by atoms with Crippen LogP contribution in [0.5, 0.6) is 11.5 Å². The van der Waals surface area contributed by atoms with Crippen molar-refractivity contribution in [1.29, 1.82) is 0 Å². The Kier molecular flexibility index (Phi) is 13.1. The van der Waals surface area contributed by atoms with Gasteiger partial charge in [-0.25, -0.2) is 9.59 Å². The number of fused-ring (bicyclic) bond motifs is 4. The molecule has 0 saturated carbocycles. The van der Waals surface area contributed by atoms with Crippen LogP contribution < -0.4 is 20.9 Å². The number of hydrogen-bond acceptors (Lipinski definition) is 10. The molecule has 3 aliphatic heterocycles. The number of benzene rings is 4. The van der Waals surface area contributed by atoms with Gasteiger partial charge < -0.3 is 40.0 Å². The third-order valence-corrected chi connectivity index (χ3v) is 10.8. The lowest BCUT2D eigenvalue weighted by atomic mass is 9.86. The number of aliphatic hydroxyl groups excluding tert-OH is 1. The van der Waals surface area contributed by atoms with Gasteiger partial charge in [0.1, 0.15) is 24.2 Å². The number of rotatable bonds is 16. The number of aliphatic hydroxyl groups is 1. The number of esters is 1. The number of halogens is 1. The zero-order valence-corrected chi connectivity index (χ0v) is 32.3. The maximum absolute atomic E-state index is 13.2. The van der Waals surface area contributed by atoms with Crippen molar-refractivity contribution in [2.24, 2.45) is 5.92 Å². The molecule has 12 nitrogen and oxygen atoms in total. The average Bonchev–Trinajstić information content (AvgIpc) is 3.22. The Morgan fingerprint density at radius 1 is 0.930 bits per heavy atom. The highest BCUT2D eigenvalue weighted by Gasteiger charge is 2.37. The summed E-state index contributed by atoms with van der Waals surface area (Å²) in [5.74, 6) is 0.425. The molecule has 298 valence electrons. The number of amides is 1. The number of carbonyl (C=O) groups is 2. The van der Waals surface area contributed by atoms with Gasteiger partial charge in [-0.3, -0.25) is 9.69 Å². The van der Waals surface area contributed by atoms with E-state index in [2.05, 4.69) is 20.5 Å². The molecule has 13 heteroatoms. The lowest BCUT2D eigenvalue weighted by Gasteiger charge is -2.43. The van der Waals surface area contributed by atoms with E-state index in [1.165, 1.54) is 12.1 Å². The lowest BCUT2D eigenvalue weighted by Crippen LogP contribution is -2.52. The van der Waals surface area contributed by atoms with E-state index in [1.807, 2.05) is 54.6 Å². The summed E-state index contributed by atoms with van der Waals surface area (Å²) in [4.78, 5) is 42.8. The van der Waals surface area contributed by atoms with Crippen LogP contribution >= 0.6 is 11.6 Å². The van der Waals surface area contributed by atoms with Gasteiger partial charge >= 0.3 is 12.1 Å². The molecule has 4 aromatic carbocycles. The van der Waals surface area contributed by atoms with Crippen LogP contribution in [-0.2, 0) is 16.1 Å². The van der Waals surface area contributed by atoms with Crippen molar-refractivity contribution >= 4 is 34.6 Å². The number of aromatic amines is 1. The predicted octanol–water partition coefficient (Wildman–Crippen LogP) is 6.64. The molecule has 57 heavy (non-hydrogen) atoms. The number of unbranched alkanes of at least 4 members (excludes halogenated alkanes) is 1. The summed E-state index contributed by atoms with van der Waals surface area (Å²) in [5, 5.41) is 28.1. The first-order valence-corrected chi connectivity index (χ1v) is 19.8. The molecule has 5 aromatic rings. The summed E-state index contributed by atoms with van der Waals surface area (Å²) in [6.45, 7) is 4.09. The first kappa shape index (κ1) is 39.8. The number of phenols is 1. The normalized spacial score (nSPS) is 18.5. The van der Waals surface area contributed by atoms with E-state index in [1.54, 1.807) is 30.3 Å². The third-order valence-electron chi connectivity index (χ3n) is 10.6. The van der Waals surface area contributed by atoms with Crippen molar-refractivity contribution in [3.8, 4) is 11.5 Å². The van der Waals surface area contributed by atoms with Crippen molar-refractivity contribution in [1.82, 2.24) is 20.5 Å². The zero-order valence-electron chi connectivity index (χ0n) is 31.5. The second-order valence-corrected chi connectivity index (χ2v) is 15.1. The molecule has 4 heterocycles. The fourth-order valence-corrected chi connectivity index (χ4v) is 7.90. The summed E-state index contributed by atoms with van der Waals surface area (Å²) < 4.78 is 17.7. The summed E-state index contributed by atoms with van der Waals surface area (Å²) in [5.41, 5.74) is 3.27. The molecule has 3 aliphatic rings. The van der Waals surface area contributed by atoms with E-state index in [4.69, 9.17) is 25.8 Å². The summed E-state index contributed by atoms with van der Waals surface area (Å²) >= 11 is 6.41. The van der Waals surface area contributed by atoms with Crippen LogP contribution in [0.2, 0.25) is 5.02 Å². The second-order valence-electron chi connectivity index (χ2n) is 14.6. The Morgan fingerprint density at radius 2 is 1.74 bits per heavy atom. The number of piperidine rings is 3. The van der Waals surface area contributed by atoms with Crippen LogP contribution in [0.25, 0.3) is 10.9 Å². The summed E-state index contributed by atoms with van der Waals surface area (Å²) in [6.07, 6.45) is 1.99. The fourth-order valence-electron chi connectivity index (χ4n) is 7.64. The molecule has 1 aromatic heterocycles. The highest BCUT2D eigenvalue weighted by molar-refractivity contribution is 6.31. The van der Waals surface area contributed by atoms with Crippen LogP contribution in [0.4, 0.5) is 4.79 Å². The van der Waals surface area contributed by atoms with E-state index in [0.29, 0.717) is 58.2 Å². The first-order valence-electron chi connectivity index (χ1n) is 19.4. The maximum Gasteiger partial charge on any atom is 0.408 e. The number of hydrogen-bond donors (Lipinski definition) is 5. The molecule has 8 rings (SSSR count). The van der Waals surface area contributed by atoms with Crippen molar-refractivity contribution in [3.05, 3.63) is 140 Å². The fraction of sp³-hybridized carbons (Fsp3) is 0.341. The number of phenolic OH excluding ortho intramolecular Hbond substituents is 1. The predicted molar refractivity (Wildman–Crippen MR) is 217 cm³/mol. The number of aromatic nitrogens is 1. The van der Waals surface area contributed by atoms with Gasteiger partial charge in [-0.05, 0) is 116 Å². The number of carbonyl (C=O) groups excluding carboxylic acids is 2. The number of H-pyrrole nitrogens is 1. The lowest BCUT2D eigenvalue weighted by molar-refractivity contribution is -0.0336. The number of aromatic hydroxyl groups is 1. The number of pyridine rings is 1. The average molecular weight is 795 g/mol. The van der Waals surface area contributed by atoms with Crippen LogP contribution in [0.3, 0.4) is 0 Å². The van der Waals surface area contributed by atoms with Crippen LogP contribution in [-0.4, -0.2) is 77.6 Å². The molecule has 3 saturated heterocycles. The van der Waals surface area contributed by atoms with Crippen LogP contribution in [0.1, 0.15) is 70.4 Å². The van der Waals surface area contributed by atoms with Crippen molar-refractivity contribution in [2.45, 2.75) is 50.5 Å². The van der Waals surface area contributed by atoms with Gasteiger partial charge in [0.2, 0.25) is 5.56 Å². The molecule has 0 spiro atoms. The highest BCUT2D eigenvalue weighted by Crippen LogP contribution is 2.32. The molecular weight excluding hydrogens is 748 g/mol. The standard InChI is InChI=1S/C44H47ClN4O8/c45-33-22-28(21-32(23-33)43(53)55-20-5-4-17-46-25-38(51)35-11-13-37(50)42-36(35)12-14-40(52)47-42)27-56-34-10-6-9-31(24-34)41(30-7-2-1-3-8-30)48-44(54)57-39-26-49-18-15-29(39)16-19-49/h1-3,6-14,21-24,29,38-39,41,46,50-51H,4-5,15-20,25-27H2,(H,47,52)(H,48,54)/t38?,39-,41?/m0/s1. The molecule has 1 amide bonds. The van der Waals surface area contributed by atoms with E-state index in [-0.39, 0.29) is 42.7 Å². The van der Waals surface area contributed by atoms with E-state index in [0.717, 1.165) is 43.6 Å². The number of nitrogens with one attached hydrogen (secondary N) is 3. The van der Waals surface area contributed by atoms with E-state index in [9.17, 15) is 24.6 Å². The van der Waals surface area contributed by atoms with Gasteiger partial charge in [-0.15, -0.1) is 0 Å². The second kappa shape index (κ2) is 18.7. The monoisotopic (exact) mass is 794 g/mol. The zero-order chi connectivity index (χ0) is 39.7. The smallest absolute Gasteiger partial charge is 0.408 e. The third kappa shape index (κ3) is 10.3. The SMILES string of the molecule is O=C(NC(c1ccccc1)c1cccc(OCc2cc(Cl)cc(C(=O)OCCCCNCC(O)c3ccc(O)c4[nH]c(=O)ccc34)c2)c1)O[C@H]1CN2CCC1CC2. The van der Waals surface area contributed by atoms with Gasteiger partial charge in [0.15, 0.2) is 0 Å². The van der Waals surface area contributed by atoms with Gasteiger partial charge in [0.25, 0.3) is 0 Å². The van der Waals surface area contributed by atoms with Crippen molar-refractivity contribution < 1.29 is 34.0 Å². The molecule has 5 N–H and O–H groups in total. The Bertz CT molecular complexity index is 2230. The van der Waals surface area contributed by atoms with Gasteiger partial charge in [0, 0.05) is 29.6 Å². The minimum atomic E-state index is -0.861. The van der Waals surface area contributed by atoms with E-state index >= 15 is 0 Å². The minimum Gasteiger partial charge on any atom is -0.506 e. The molecular formula is C44H47ClN4O8. The van der Waals surface area contributed by atoms with E-state index < -0.39 is 24.2 Å². The molecule has 0 radical (unpaired) electrons. The van der Waals surface area contributed by atoms with Crippen LogP contribution in [0, 0.1) is 5.92 Å². The first-order chi connectivity index (χ1) is 27.7. The molecule has 3 fully saturated rings.